The molecule has 0 radical (unpaired) electrons. The third-order valence-electron chi connectivity index (χ3n) is 4.57. The van der Waals surface area contributed by atoms with Gasteiger partial charge in [-0.25, -0.2) is 0 Å². The minimum Gasteiger partial charge on any atom is -0.298 e. The molecule has 0 saturated carbocycles. The largest absolute Gasteiger partial charge is 0.298 e. The van der Waals surface area contributed by atoms with Crippen LogP contribution in [0, 0.1) is 6.92 Å². The van der Waals surface area contributed by atoms with E-state index in [9.17, 15) is 14.4 Å². The first-order valence-electron chi connectivity index (χ1n) is 10.2. The number of rotatable bonds is 4. The monoisotopic (exact) mass is 422 g/mol. The van der Waals surface area contributed by atoms with Gasteiger partial charge in [-0.1, -0.05) is 115 Å². The second-order valence-corrected chi connectivity index (χ2v) is 6.96. The molecule has 0 spiro atoms. The highest BCUT2D eigenvalue weighted by molar-refractivity contribution is 6.08. The number of hydrogen-bond acceptors (Lipinski definition) is 3. The molecule has 160 valence electrons. The number of aldehydes is 1. The second-order valence-electron chi connectivity index (χ2n) is 6.96. The highest BCUT2D eigenvalue weighted by atomic mass is 16.1. The van der Waals surface area contributed by atoms with E-state index in [1.54, 1.807) is 6.92 Å². The predicted octanol–water partition coefficient (Wildman–Crippen LogP) is 6.61. The van der Waals surface area contributed by atoms with E-state index in [1.807, 2.05) is 122 Å². The van der Waals surface area contributed by atoms with E-state index < -0.39 is 0 Å². The summed E-state index contributed by atoms with van der Waals surface area (Å²) in [4.78, 5) is 32.7. The van der Waals surface area contributed by atoms with Crippen LogP contribution in [0.4, 0.5) is 0 Å². The van der Waals surface area contributed by atoms with Crippen molar-refractivity contribution in [3.8, 4) is 0 Å². The molecule has 0 unspecified atom stereocenters. The number of benzene rings is 4. The summed E-state index contributed by atoms with van der Waals surface area (Å²) in [6, 6.07) is 35.3. The van der Waals surface area contributed by atoms with Crippen molar-refractivity contribution in [3.05, 3.63) is 143 Å². The molecule has 0 aliphatic rings. The van der Waals surface area contributed by atoms with Crippen LogP contribution in [-0.2, 0) is 0 Å². The van der Waals surface area contributed by atoms with Gasteiger partial charge in [0.05, 0.1) is 0 Å². The van der Waals surface area contributed by atoms with Crippen LogP contribution in [-0.4, -0.2) is 17.9 Å². The van der Waals surface area contributed by atoms with Crippen molar-refractivity contribution in [2.24, 2.45) is 0 Å². The Morgan fingerprint density at radius 1 is 0.562 bits per heavy atom. The molecule has 0 aromatic heterocycles. The number of Topliss-reactive ketones (excluding diaryl/α,β-unsaturated/α-hetero) is 1. The molecule has 0 atom stereocenters. The third-order valence-corrected chi connectivity index (χ3v) is 4.57. The average Bonchev–Trinajstić information content (AvgIpc) is 2.86. The lowest BCUT2D eigenvalue weighted by molar-refractivity contribution is 0.101. The van der Waals surface area contributed by atoms with Gasteiger partial charge in [0.15, 0.2) is 11.6 Å². The summed E-state index contributed by atoms with van der Waals surface area (Å²) < 4.78 is 0. The fourth-order valence-corrected chi connectivity index (χ4v) is 2.74. The number of hydrogen-bond donors (Lipinski definition) is 0. The maximum atomic E-state index is 11.8. The van der Waals surface area contributed by atoms with Crippen LogP contribution in [0.2, 0.25) is 0 Å². The number of aryl methyl sites for hydroxylation is 1. The molecule has 0 N–H and O–H groups in total. The minimum absolute atomic E-state index is 0.0752. The summed E-state index contributed by atoms with van der Waals surface area (Å²) in [7, 11) is 0. The van der Waals surface area contributed by atoms with Crippen LogP contribution in [0.5, 0.6) is 0 Å². The summed E-state index contributed by atoms with van der Waals surface area (Å²) in [6.07, 6.45) is 0.870. The van der Waals surface area contributed by atoms with Gasteiger partial charge < -0.3 is 0 Å². The van der Waals surface area contributed by atoms with E-state index in [4.69, 9.17) is 0 Å². The first-order chi connectivity index (χ1) is 15.5. The van der Waals surface area contributed by atoms with Gasteiger partial charge in [-0.3, -0.25) is 14.4 Å². The lowest BCUT2D eigenvalue weighted by Gasteiger charge is -1.99. The van der Waals surface area contributed by atoms with E-state index >= 15 is 0 Å². The molecule has 3 nitrogen and oxygen atoms in total. The van der Waals surface area contributed by atoms with Crippen LogP contribution in [0.15, 0.2) is 115 Å². The fraction of sp³-hybridized carbons (Fsp3) is 0.0690. The smallest absolute Gasteiger partial charge is 0.193 e. The van der Waals surface area contributed by atoms with E-state index in [-0.39, 0.29) is 11.6 Å². The number of ketones is 2. The zero-order chi connectivity index (χ0) is 23.2. The zero-order valence-corrected chi connectivity index (χ0v) is 18.3. The van der Waals surface area contributed by atoms with Crippen LogP contribution in [0.3, 0.4) is 0 Å². The molecule has 3 heteroatoms. The fourth-order valence-electron chi connectivity index (χ4n) is 2.74. The van der Waals surface area contributed by atoms with Crippen molar-refractivity contribution in [1.82, 2.24) is 0 Å². The molecule has 0 fully saturated rings. The van der Waals surface area contributed by atoms with Gasteiger partial charge in [-0.05, 0) is 19.4 Å². The molecule has 0 aliphatic heterocycles. The molecule has 0 bridgehead atoms. The molecular formula is C29H26O3. The Labute approximate surface area is 189 Å². The topological polar surface area (TPSA) is 51.2 Å². The Balaban J connectivity index is 0.000000178. The standard InChI is InChI=1S/C13H10O.2C8H8O/c14-13(11-7-3-1-4-8-11)12-9-5-2-6-10-12;1-7-4-2-3-5-8(7)6-9;1-7(9)8-5-3-2-4-6-8/h1-10H;2*2-6H,1H3. The SMILES string of the molecule is CC(=O)c1ccccc1.Cc1ccccc1C=O.O=C(c1ccccc1)c1ccccc1. The Morgan fingerprint density at radius 2 is 0.938 bits per heavy atom. The van der Waals surface area contributed by atoms with Gasteiger partial charge in [0.2, 0.25) is 0 Å². The van der Waals surface area contributed by atoms with Crippen LogP contribution < -0.4 is 0 Å². The summed E-state index contributed by atoms with van der Waals surface area (Å²) in [5.74, 6) is 0.196. The molecule has 32 heavy (non-hydrogen) atoms. The first-order valence-corrected chi connectivity index (χ1v) is 10.2. The van der Waals surface area contributed by atoms with Crippen molar-refractivity contribution < 1.29 is 14.4 Å². The summed E-state index contributed by atoms with van der Waals surface area (Å²) in [5.41, 5.74) is 4.06. The number of carbonyl (C=O) groups is 3. The lowest BCUT2D eigenvalue weighted by Crippen LogP contribution is -1.99. The van der Waals surface area contributed by atoms with E-state index in [0.29, 0.717) is 0 Å². The van der Waals surface area contributed by atoms with E-state index in [2.05, 4.69) is 0 Å². The van der Waals surface area contributed by atoms with Crippen molar-refractivity contribution in [2.75, 3.05) is 0 Å². The molecule has 0 aliphatic carbocycles. The number of carbonyl (C=O) groups excluding carboxylic acids is 3. The Hall–Kier alpha value is -4.11. The summed E-state index contributed by atoms with van der Waals surface area (Å²) in [6.45, 7) is 3.49. The Kier molecular flexibility index (Phi) is 10.0. The van der Waals surface area contributed by atoms with Gasteiger partial charge in [0.25, 0.3) is 0 Å². The van der Waals surface area contributed by atoms with Crippen LogP contribution in [0.1, 0.15) is 49.1 Å². The molecule has 4 aromatic rings. The normalized spacial score (nSPS) is 9.31. The van der Waals surface area contributed by atoms with Gasteiger partial charge in [0.1, 0.15) is 6.29 Å². The van der Waals surface area contributed by atoms with E-state index in [1.165, 1.54) is 0 Å². The van der Waals surface area contributed by atoms with Gasteiger partial charge in [-0.15, -0.1) is 0 Å². The molecule has 4 rings (SSSR count). The molecule has 0 heterocycles. The quantitative estimate of drug-likeness (QED) is 0.274. The van der Waals surface area contributed by atoms with E-state index in [0.717, 1.165) is 34.1 Å². The predicted molar refractivity (Wildman–Crippen MR) is 129 cm³/mol. The van der Waals surface area contributed by atoms with Gasteiger partial charge in [0, 0.05) is 22.3 Å². The van der Waals surface area contributed by atoms with Gasteiger partial charge in [-0.2, -0.15) is 0 Å². The minimum atomic E-state index is 0.0752. The van der Waals surface area contributed by atoms with Crippen molar-refractivity contribution >= 4 is 17.9 Å². The first kappa shape index (κ1) is 24.2. The molecule has 0 saturated heterocycles. The van der Waals surface area contributed by atoms with Crippen molar-refractivity contribution in [1.29, 1.82) is 0 Å². The van der Waals surface area contributed by atoms with Crippen molar-refractivity contribution in [2.45, 2.75) is 13.8 Å². The summed E-state index contributed by atoms with van der Waals surface area (Å²) >= 11 is 0. The highest BCUT2D eigenvalue weighted by Crippen LogP contribution is 2.08. The second kappa shape index (κ2) is 13.2. The molecule has 4 aromatic carbocycles. The molecule has 0 amide bonds. The Bertz CT molecular complexity index is 1080. The van der Waals surface area contributed by atoms with Gasteiger partial charge >= 0.3 is 0 Å². The zero-order valence-electron chi connectivity index (χ0n) is 18.3. The maximum Gasteiger partial charge on any atom is 0.193 e. The highest BCUT2D eigenvalue weighted by Gasteiger charge is 2.06. The van der Waals surface area contributed by atoms with Crippen molar-refractivity contribution in [3.63, 3.8) is 0 Å². The third kappa shape index (κ3) is 7.96. The maximum absolute atomic E-state index is 11.8. The van der Waals surface area contributed by atoms with Crippen LogP contribution >= 0.6 is 0 Å². The summed E-state index contributed by atoms with van der Waals surface area (Å²) in [5, 5.41) is 0. The Morgan fingerprint density at radius 3 is 1.25 bits per heavy atom. The average molecular weight is 423 g/mol. The lowest BCUT2D eigenvalue weighted by atomic mass is 10.0. The molecular weight excluding hydrogens is 396 g/mol. The van der Waals surface area contributed by atoms with Crippen LogP contribution in [0.25, 0.3) is 0 Å².